The molecule has 0 bridgehead atoms. The molecule has 2 aromatic heterocycles. The minimum atomic E-state index is -1.02. The number of carboxylic acid groups (broad SMARTS) is 1. The maximum absolute atomic E-state index is 12.1. The van der Waals surface area contributed by atoms with Gasteiger partial charge in [0.2, 0.25) is 0 Å². The summed E-state index contributed by atoms with van der Waals surface area (Å²) in [5.41, 5.74) is 1.05. The number of nitrogens with one attached hydrogen (secondary N) is 1. The largest absolute Gasteiger partial charge is 0.480 e. The first-order valence-corrected chi connectivity index (χ1v) is 7.87. The number of aliphatic carboxylic acids is 1. The molecule has 22 heavy (non-hydrogen) atoms. The van der Waals surface area contributed by atoms with Crippen LogP contribution in [0.1, 0.15) is 36.7 Å². The number of carbonyl (C=O) groups excluding carboxylic acids is 1. The third kappa shape index (κ3) is 3.91. The van der Waals surface area contributed by atoms with Crippen molar-refractivity contribution in [3.05, 3.63) is 23.5 Å². The van der Waals surface area contributed by atoms with E-state index in [9.17, 15) is 9.59 Å². The zero-order valence-electron chi connectivity index (χ0n) is 12.4. The fraction of sp³-hybridized carbons (Fsp3) is 0.429. The van der Waals surface area contributed by atoms with Gasteiger partial charge in [-0.15, -0.1) is 11.3 Å². The minimum Gasteiger partial charge on any atom is -0.480 e. The lowest BCUT2D eigenvalue weighted by molar-refractivity contribution is -0.139. The van der Waals surface area contributed by atoms with Crippen molar-refractivity contribution in [2.24, 2.45) is 7.05 Å². The van der Waals surface area contributed by atoms with Crippen molar-refractivity contribution in [2.45, 2.75) is 32.2 Å². The summed E-state index contributed by atoms with van der Waals surface area (Å²) >= 11 is 1.32. The molecule has 1 atom stereocenters. The highest BCUT2D eigenvalue weighted by atomic mass is 32.1. The predicted molar refractivity (Wildman–Crippen MR) is 82.7 cm³/mol. The number of rotatable bonds is 7. The Morgan fingerprint density at radius 1 is 1.50 bits per heavy atom. The van der Waals surface area contributed by atoms with Gasteiger partial charge in [-0.2, -0.15) is 5.10 Å². The van der Waals surface area contributed by atoms with Crippen LogP contribution >= 0.6 is 11.3 Å². The van der Waals surface area contributed by atoms with Crippen LogP contribution in [0.15, 0.2) is 17.8 Å². The summed E-state index contributed by atoms with van der Waals surface area (Å²) in [4.78, 5) is 27.5. The number of carbonyl (C=O) groups is 2. The van der Waals surface area contributed by atoms with Gasteiger partial charge in [0.25, 0.3) is 5.91 Å². The highest BCUT2D eigenvalue weighted by Crippen LogP contribution is 2.22. The van der Waals surface area contributed by atoms with E-state index >= 15 is 0 Å². The molecule has 118 valence electrons. The molecule has 2 N–H and O–H groups in total. The SMILES string of the molecule is CCCC[C@H](NC(=O)c1csc(-c2cnn(C)c2)n1)C(=O)O. The van der Waals surface area contributed by atoms with E-state index in [0.717, 1.165) is 18.4 Å². The molecule has 2 aromatic rings. The Morgan fingerprint density at radius 3 is 2.86 bits per heavy atom. The van der Waals surface area contributed by atoms with Gasteiger partial charge in [0.05, 0.1) is 6.20 Å². The summed E-state index contributed by atoms with van der Waals surface area (Å²) < 4.78 is 1.65. The van der Waals surface area contributed by atoms with E-state index in [1.165, 1.54) is 11.3 Å². The molecular weight excluding hydrogens is 304 g/mol. The molecule has 0 fully saturated rings. The second kappa shape index (κ2) is 7.17. The number of carboxylic acids is 1. The fourth-order valence-electron chi connectivity index (χ4n) is 1.94. The number of thiazole rings is 1. The molecule has 8 heteroatoms. The molecule has 1 amide bonds. The average molecular weight is 322 g/mol. The second-order valence-electron chi connectivity index (χ2n) is 4.95. The van der Waals surface area contributed by atoms with E-state index < -0.39 is 17.9 Å². The molecule has 0 aliphatic heterocycles. The van der Waals surface area contributed by atoms with Crippen molar-refractivity contribution in [1.29, 1.82) is 0 Å². The Balaban J connectivity index is 2.06. The van der Waals surface area contributed by atoms with Crippen LogP contribution in [-0.2, 0) is 11.8 Å². The highest BCUT2D eigenvalue weighted by Gasteiger charge is 2.21. The van der Waals surface area contributed by atoms with Crippen molar-refractivity contribution in [2.75, 3.05) is 0 Å². The topological polar surface area (TPSA) is 97.1 Å². The number of amides is 1. The van der Waals surface area contributed by atoms with E-state index in [1.807, 2.05) is 13.1 Å². The van der Waals surface area contributed by atoms with E-state index in [2.05, 4.69) is 15.4 Å². The van der Waals surface area contributed by atoms with Gasteiger partial charge in [0.15, 0.2) is 0 Å². The van der Waals surface area contributed by atoms with E-state index in [-0.39, 0.29) is 5.69 Å². The van der Waals surface area contributed by atoms with Gasteiger partial charge < -0.3 is 10.4 Å². The number of aromatic nitrogens is 3. The molecule has 0 saturated heterocycles. The van der Waals surface area contributed by atoms with Gasteiger partial charge in [-0.25, -0.2) is 9.78 Å². The van der Waals surface area contributed by atoms with Crippen LogP contribution in [0.2, 0.25) is 0 Å². The zero-order chi connectivity index (χ0) is 16.1. The summed E-state index contributed by atoms with van der Waals surface area (Å²) in [6.07, 6.45) is 5.51. The lowest BCUT2D eigenvalue weighted by Crippen LogP contribution is -2.40. The molecule has 0 aromatic carbocycles. The van der Waals surface area contributed by atoms with Crippen LogP contribution in [0.4, 0.5) is 0 Å². The molecule has 0 saturated carbocycles. The minimum absolute atomic E-state index is 0.228. The van der Waals surface area contributed by atoms with Gasteiger partial charge in [0, 0.05) is 24.2 Å². The predicted octanol–water partition coefficient (Wildman–Crippen LogP) is 1.92. The quantitative estimate of drug-likeness (QED) is 0.811. The Bertz CT molecular complexity index is 665. The van der Waals surface area contributed by atoms with E-state index in [1.54, 1.807) is 23.3 Å². The third-order valence-electron chi connectivity index (χ3n) is 3.14. The maximum Gasteiger partial charge on any atom is 0.326 e. The molecule has 2 rings (SSSR count). The number of unbranched alkanes of at least 4 members (excludes halogenated alkanes) is 1. The monoisotopic (exact) mass is 322 g/mol. The Kier molecular flexibility index (Phi) is 5.26. The van der Waals surface area contributed by atoms with Crippen molar-refractivity contribution in [3.8, 4) is 10.6 Å². The number of hydrogen-bond acceptors (Lipinski definition) is 5. The smallest absolute Gasteiger partial charge is 0.326 e. The Hall–Kier alpha value is -2.22. The van der Waals surface area contributed by atoms with Gasteiger partial charge in [-0.05, 0) is 6.42 Å². The Labute approximate surface area is 132 Å². The highest BCUT2D eigenvalue weighted by molar-refractivity contribution is 7.13. The molecule has 7 nitrogen and oxygen atoms in total. The maximum atomic E-state index is 12.1. The van der Waals surface area contributed by atoms with Crippen LogP contribution in [0, 0.1) is 0 Å². The summed E-state index contributed by atoms with van der Waals surface area (Å²) in [6, 6.07) is -0.879. The molecule has 0 aliphatic carbocycles. The standard InChI is InChI=1S/C14H18N4O3S/c1-3-4-5-10(14(20)21)16-12(19)11-8-22-13(17-11)9-6-15-18(2)7-9/h6-8,10H,3-5H2,1-2H3,(H,16,19)(H,20,21)/t10-/m0/s1. The van der Waals surface area contributed by atoms with Crippen LogP contribution < -0.4 is 5.32 Å². The van der Waals surface area contributed by atoms with Gasteiger partial charge in [0.1, 0.15) is 16.7 Å². The van der Waals surface area contributed by atoms with Crippen LogP contribution in [-0.4, -0.2) is 37.8 Å². The second-order valence-corrected chi connectivity index (χ2v) is 5.81. The van der Waals surface area contributed by atoms with Crippen LogP contribution in [0.3, 0.4) is 0 Å². The van der Waals surface area contributed by atoms with Crippen molar-refractivity contribution >= 4 is 23.2 Å². The third-order valence-corrected chi connectivity index (χ3v) is 4.03. The lowest BCUT2D eigenvalue weighted by Gasteiger charge is -2.12. The van der Waals surface area contributed by atoms with Crippen molar-refractivity contribution in [3.63, 3.8) is 0 Å². The van der Waals surface area contributed by atoms with Crippen molar-refractivity contribution < 1.29 is 14.7 Å². The zero-order valence-corrected chi connectivity index (χ0v) is 13.3. The Morgan fingerprint density at radius 2 is 2.27 bits per heavy atom. The van der Waals surface area contributed by atoms with Crippen molar-refractivity contribution in [1.82, 2.24) is 20.1 Å². The first kappa shape index (κ1) is 16.2. The summed E-state index contributed by atoms with van der Waals surface area (Å²) in [6.45, 7) is 1.97. The first-order valence-electron chi connectivity index (χ1n) is 6.99. The number of nitrogens with zero attached hydrogens (tertiary/aromatic N) is 3. The fourth-order valence-corrected chi connectivity index (χ4v) is 2.72. The molecule has 0 unspecified atom stereocenters. The summed E-state index contributed by atoms with van der Waals surface area (Å²) in [7, 11) is 1.80. The lowest BCUT2D eigenvalue weighted by atomic mass is 10.1. The molecule has 0 radical (unpaired) electrons. The van der Waals surface area contributed by atoms with Gasteiger partial charge >= 0.3 is 5.97 Å². The molecular formula is C14H18N4O3S. The van der Waals surface area contributed by atoms with Gasteiger partial charge in [-0.3, -0.25) is 9.48 Å². The number of hydrogen-bond donors (Lipinski definition) is 2. The van der Waals surface area contributed by atoms with E-state index in [0.29, 0.717) is 11.4 Å². The average Bonchev–Trinajstić information content (AvgIpc) is 3.11. The van der Waals surface area contributed by atoms with Crippen LogP contribution in [0.25, 0.3) is 10.6 Å². The summed E-state index contributed by atoms with van der Waals surface area (Å²) in [5.74, 6) is -1.49. The first-order chi connectivity index (χ1) is 10.5. The van der Waals surface area contributed by atoms with Gasteiger partial charge in [-0.1, -0.05) is 19.8 Å². The van der Waals surface area contributed by atoms with Crippen LogP contribution in [0.5, 0.6) is 0 Å². The molecule has 0 spiro atoms. The summed E-state index contributed by atoms with van der Waals surface area (Å²) in [5, 5.41) is 18.0. The normalized spacial score (nSPS) is 12.1. The molecule has 0 aliphatic rings. The molecule has 2 heterocycles. The van der Waals surface area contributed by atoms with E-state index in [4.69, 9.17) is 5.11 Å². The number of aryl methyl sites for hydroxylation is 1.